The third-order valence-electron chi connectivity index (χ3n) is 5.41. The van der Waals surface area contributed by atoms with E-state index in [9.17, 15) is 24.8 Å². The van der Waals surface area contributed by atoms with Crippen LogP contribution in [0.1, 0.15) is 23.6 Å². The fraction of sp³-hybridized carbons (Fsp3) is 0.174. The maximum absolute atomic E-state index is 13.3. The number of nitrogens with zero attached hydrogens (tertiary/aromatic N) is 3. The summed E-state index contributed by atoms with van der Waals surface area (Å²) in [5.41, 5.74) is -0.115. The highest BCUT2D eigenvalue weighted by atomic mass is 16.6. The van der Waals surface area contributed by atoms with E-state index >= 15 is 0 Å². The molecule has 2 heterocycles. The number of H-pyrrole nitrogens is 1. The lowest BCUT2D eigenvalue weighted by atomic mass is 9.94. The van der Waals surface area contributed by atoms with Crippen LogP contribution in [0.3, 0.4) is 0 Å². The van der Waals surface area contributed by atoms with Crippen LogP contribution in [-0.4, -0.2) is 33.0 Å². The maximum Gasteiger partial charge on any atom is 0.295 e. The smallest absolute Gasteiger partial charge is 0.295 e. The molecule has 9 heteroatoms. The van der Waals surface area contributed by atoms with Crippen molar-refractivity contribution in [3.8, 4) is 0 Å². The van der Waals surface area contributed by atoms with Gasteiger partial charge in [-0.3, -0.25) is 24.7 Å². The quantitative estimate of drug-likeness (QED) is 0.151. The van der Waals surface area contributed by atoms with E-state index in [1.165, 1.54) is 23.1 Å². The number of hydrogen-bond donors (Lipinski definition) is 1. The lowest BCUT2D eigenvalue weighted by Crippen LogP contribution is -2.36. The molecule has 9 nitrogen and oxygen atoms in total. The van der Waals surface area contributed by atoms with Crippen LogP contribution >= 0.6 is 0 Å². The number of nitro groups is 1. The number of ketones is 1. The van der Waals surface area contributed by atoms with Crippen molar-refractivity contribution in [1.29, 1.82) is 0 Å². The van der Waals surface area contributed by atoms with E-state index < -0.39 is 28.4 Å². The fourth-order valence-electron chi connectivity index (χ4n) is 3.94. The summed E-state index contributed by atoms with van der Waals surface area (Å²) in [6.45, 7) is 0.720. The van der Waals surface area contributed by atoms with Gasteiger partial charge in [0.05, 0.1) is 23.1 Å². The molecule has 1 aromatic heterocycles. The summed E-state index contributed by atoms with van der Waals surface area (Å²) in [4.78, 5) is 41.2. The second-order valence-corrected chi connectivity index (χ2v) is 7.36. The molecule has 1 unspecified atom stereocenters. The van der Waals surface area contributed by atoms with Crippen LogP contribution < -0.4 is 9.67 Å². The first kappa shape index (κ1) is 21.0. The van der Waals surface area contributed by atoms with Crippen molar-refractivity contribution in [2.75, 3.05) is 6.54 Å². The predicted octanol–water partition coefficient (Wildman–Crippen LogP) is 1.52. The number of para-hydroxylation sites is 1. The summed E-state index contributed by atoms with van der Waals surface area (Å²) >= 11 is 0. The number of nitrogens with one attached hydrogen (secondary N) is 1. The molecule has 0 bridgehead atoms. The number of aromatic amines is 1. The Balaban J connectivity index is 1.79. The van der Waals surface area contributed by atoms with Crippen molar-refractivity contribution < 1.29 is 24.2 Å². The number of amides is 1. The number of aryl methyl sites for hydroxylation is 1. The van der Waals surface area contributed by atoms with Crippen LogP contribution in [0.4, 0.5) is 5.69 Å². The van der Waals surface area contributed by atoms with Gasteiger partial charge in [-0.2, -0.15) is 0 Å². The summed E-state index contributed by atoms with van der Waals surface area (Å²) in [6, 6.07) is 12.9. The Hall–Kier alpha value is -4.27. The summed E-state index contributed by atoms with van der Waals surface area (Å²) in [7, 11) is 0. The van der Waals surface area contributed by atoms with Gasteiger partial charge in [0.1, 0.15) is 12.4 Å². The molecule has 4 rings (SSSR count). The second kappa shape index (κ2) is 8.84. The Kier molecular flexibility index (Phi) is 5.80. The van der Waals surface area contributed by atoms with Gasteiger partial charge in [-0.15, -0.1) is 0 Å². The van der Waals surface area contributed by atoms with E-state index in [-0.39, 0.29) is 28.9 Å². The molecule has 1 atom stereocenters. The van der Waals surface area contributed by atoms with Crippen molar-refractivity contribution in [2.45, 2.75) is 19.0 Å². The number of benzene rings is 2. The highest BCUT2D eigenvalue weighted by molar-refractivity contribution is 6.46. The molecule has 3 aromatic rings. The van der Waals surface area contributed by atoms with Crippen molar-refractivity contribution in [2.24, 2.45) is 0 Å². The zero-order valence-electron chi connectivity index (χ0n) is 17.0. The minimum atomic E-state index is -1.12. The number of rotatable bonds is 7. The molecular formula is C23H20N4O5. The first-order valence-corrected chi connectivity index (χ1v) is 10.1. The minimum Gasteiger partial charge on any atom is -0.872 e. The number of Topliss-reactive ketones (excluding diaryl/α,β-unsaturated/α-hetero) is 1. The predicted molar refractivity (Wildman–Crippen MR) is 112 cm³/mol. The monoisotopic (exact) mass is 432 g/mol. The number of hydrogen-bond acceptors (Lipinski definition) is 5. The summed E-state index contributed by atoms with van der Waals surface area (Å²) in [6.07, 6.45) is 5.83. The van der Waals surface area contributed by atoms with Crippen molar-refractivity contribution in [3.63, 3.8) is 0 Å². The van der Waals surface area contributed by atoms with Crippen LogP contribution in [0.15, 0.2) is 78.9 Å². The Morgan fingerprint density at radius 1 is 1.09 bits per heavy atom. The first-order chi connectivity index (χ1) is 15.5. The van der Waals surface area contributed by atoms with E-state index in [0.717, 1.165) is 0 Å². The molecule has 0 spiro atoms. The highest BCUT2D eigenvalue weighted by Crippen LogP contribution is 2.41. The van der Waals surface area contributed by atoms with E-state index in [0.29, 0.717) is 13.0 Å². The second-order valence-electron chi connectivity index (χ2n) is 7.36. The van der Waals surface area contributed by atoms with Gasteiger partial charge in [0, 0.05) is 24.6 Å². The SMILES string of the molecule is O=C1C(=O)N(CCC[n+]2cc[nH]c2)C(c2ccccc2[N+](=O)[O-])C1=C([O-])c1ccccc1. The van der Waals surface area contributed by atoms with Gasteiger partial charge in [-0.1, -0.05) is 48.2 Å². The molecule has 1 N–H and O–H groups in total. The number of nitro benzene ring substituents is 1. The third-order valence-corrected chi connectivity index (χ3v) is 5.41. The van der Waals surface area contributed by atoms with E-state index in [1.807, 2.05) is 10.8 Å². The molecule has 0 aliphatic carbocycles. The number of aromatic nitrogens is 2. The summed E-state index contributed by atoms with van der Waals surface area (Å²) in [5, 5.41) is 24.9. The average molecular weight is 432 g/mol. The van der Waals surface area contributed by atoms with E-state index in [2.05, 4.69) is 4.98 Å². The van der Waals surface area contributed by atoms with Crippen molar-refractivity contribution in [3.05, 3.63) is 100 Å². The minimum absolute atomic E-state index is 0.144. The van der Waals surface area contributed by atoms with Crippen LogP contribution in [-0.2, 0) is 16.1 Å². The molecule has 1 fully saturated rings. The summed E-state index contributed by atoms with van der Waals surface area (Å²) in [5.74, 6) is -2.35. The number of carbonyl (C=O) groups is 2. The molecule has 1 aliphatic heterocycles. The molecule has 32 heavy (non-hydrogen) atoms. The molecule has 0 saturated carbocycles. The number of carbonyl (C=O) groups excluding carboxylic acids is 2. The van der Waals surface area contributed by atoms with Crippen LogP contribution in [0.5, 0.6) is 0 Å². The molecular weight excluding hydrogens is 412 g/mol. The van der Waals surface area contributed by atoms with Gasteiger partial charge in [-0.05, 0) is 11.6 Å². The average Bonchev–Trinajstić information content (AvgIpc) is 3.41. The van der Waals surface area contributed by atoms with Crippen LogP contribution in [0.2, 0.25) is 0 Å². The Morgan fingerprint density at radius 2 is 1.81 bits per heavy atom. The van der Waals surface area contributed by atoms with Crippen LogP contribution in [0.25, 0.3) is 5.76 Å². The van der Waals surface area contributed by atoms with Gasteiger partial charge in [-0.25, -0.2) is 4.57 Å². The van der Waals surface area contributed by atoms with Crippen molar-refractivity contribution in [1.82, 2.24) is 9.88 Å². The molecule has 2 aromatic carbocycles. The largest absolute Gasteiger partial charge is 0.872 e. The third kappa shape index (κ3) is 3.87. The highest BCUT2D eigenvalue weighted by Gasteiger charge is 2.46. The van der Waals surface area contributed by atoms with Gasteiger partial charge < -0.3 is 10.0 Å². The van der Waals surface area contributed by atoms with Gasteiger partial charge in [0.15, 0.2) is 0 Å². The lowest BCUT2D eigenvalue weighted by Gasteiger charge is -2.27. The normalized spacial score (nSPS) is 17.6. The molecule has 1 saturated heterocycles. The van der Waals surface area contributed by atoms with Gasteiger partial charge >= 0.3 is 0 Å². The molecule has 0 radical (unpaired) electrons. The number of likely N-dealkylation sites (tertiary alicyclic amines) is 1. The Labute approximate surface area is 183 Å². The van der Waals surface area contributed by atoms with Crippen LogP contribution in [0, 0.1) is 10.1 Å². The topological polar surface area (TPSA) is 123 Å². The Morgan fingerprint density at radius 3 is 2.50 bits per heavy atom. The molecule has 162 valence electrons. The van der Waals surface area contributed by atoms with E-state index in [1.54, 1.807) is 48.9 Å². The lowest BCUT2D eigenvalue weighted by molar-refractivity contribution is -0.695. The van der Waals surface area contributed by atoms with Gasteiger partial charge in [0.2, 0.25) is 12.1 Å². The van der Waals surface area contributed by atoms with Gasteiger partial charge in [0.25, 0.3) is 11.6 Å². The Bertz CT molecular complexity index is 1190. The summed E-state index contributed by atoms with van der Waals surface area (Å²) < 4.78 is 1.88. The maximum atomic E-state index is 13.3. The fourth-order valence-corrected chi connectivity index (χ4v) is 3.94. The zero-order valence-corrected chi connectivity index (χ0v) is 17.0. The molecule has 1 amide bonds. The zero-order chi connectivity index (χ0) is 22.7. The number of imidazole rings is 1. The molecule has 1 aliphatic rings. The standard InChI is InChI=1S/C23H20N4O5/c28-21(16-7-2-1-3-8-16)19-20(17-9-4-5-10-18(17)27(31)32)26(23(30)22(19)29)13-6-12-25-14-11-24-15-25/h1-5,7-11,14-15,20H,6,12-13H2,(H,28,29). The van der Waals surface area contributed by atoms with Crippen molar-refractivity contribution >= 4 is 23.1 Å². The first-order valence-electron chi connectivity index (χ1n) is 10.1. The van der Waals surface area contributed by atoms with E-state index in [4.69, 9.17) is 0 Å².